The van der Waals surface area contributed by atoms with Crippen LogP contribution in [0.15, 0.2) is 24.3 Å². The lowest BCUT2D eigenvalue weighted by Crippen LogP contribution is -2.37. The molecular weight excluding hydrogens is 266 g/mol. The Kier molecular flexibility index (Phi) is 6.00. The van der Waals surface area contributed by atoms with Crippen molar-refractivity contribution in [2.24, 2.45) is 0 Å². The molecule has 0 aromatic heterocycles. The minimum absolute atomic E-state index is 0.276. The molecule has 2 rings (SSSR count). The van der Waals surface area contributed by atoms with Gasteiger partial charge in [-0.3, -0.25) is 4.90 Å². The summed E-state index contributed by atoms with van der Waals surface area (Å²) in [5.41, 5.74) is 0.608. The number of ether oxygens (including phenoxy) is 1. The van der Waals surface area contributed by atoms with Gasteiger partial charge in [-0.05, 0) is 50.8 Å². The van der Waals surface area contributed by atoms with E-state index in [1.165, 1.54) is 0 Å². The van der Waals surface area contributed by atoms with E-state index in [9.17, 15) is 5.11 Å². The first kappa shape index (κ1) is 15.8. The van der Waals surface area contributed by atoms with Crippen LogP contribution in [0.4, 0.5) is 0 Å². The molecule has 1 fully saturated rings. The van der Waals surface area contributed by atoms with Crippen LogP contribution in [0.3, 0.4) is 0 Å². The minimum atomic E-state index is -0.496. The van der Waals surface area contributed by atoms with Crippen LogP contribution in [-0.4, -0.2) is 67.4 Å². The summed E-state index contributed by atoms with van der Waals surface area (Å²) in [6.07, 6.45) is 0.642. The van der Waals surface area contributed by atoms with Crippen LogP contribution in [0.25, 0.3) is 0 Å². The zero-order chi connectivity index (χ0) is 15.1. The van der Waals surface area contributed by atoms with Gasteiger partial charge in [-0.2, -0.15) is 5.26 Å². The number of rotatable bonds is 5. The summed E-state index contributed by atoms with van der Waals surface area (Å²) in [7, 11) is 2.13. The molecule has 0 radical (unpaired) electrons. The molecule has 1 unspecified atom stereocenters. The molecule has 0 amide bonds. The zero-order valence-corrected chi connectivity index (χ0v) is 12.5. The van der Waals surface area contributed by atoms with Gasteiger partial charge in [-0.1, -0.05) is 0 Å². The average Bonchev–Trinajstić information content (AvgIpc) is 2.70. The molecule has 1 saturated heterocycles. The highest BCUT2D eigenvalue weighted by Crippen LogP contribution is 2.12. The SMILES string of the molecule is CN1CCCN(CC(O)COc2ccc(C#N)cc2)CC1. The Hall–Kier alpha value is -1.61. The lowest BCUT2D eigenvalue weighted by Gasteiger charge is -2.23. The van der Waals surface area contributed by atoms with Gasteiger partial charge in [0.2, 0.25) is 0 Å². The Balaban J connectivity index is 1.73. The van der Waals surface area contributed by atoms with Crippen LogP contribution in [0.5, 0.6) is 5.75 Å². The van der Waals surface area contributed by atoms with Crippen LogP contribution in [0.1, 0.15) is 12.0 Å². The van der Waals surface area contributed by atoms with E-state index < -0.39 is 6.10 Å². The predicted octanol–water partition coefficient (Wildman–Crippen LogP) is 0.935. The van der Waals surface area contributed by atoms with Crippen molar-refractivity contribution >= 4 is 0 Å². The standard InChI is InChI=1S/C16H23N3O2/c1-18-7-2-8-19(10-9-18)12-15(20)13-21-16-5-3-14(11-17)4-6-16/h3-6,15,20H,2,7-10,12-13H2,1H3. The Morgan fingerprint density at radius 1 is 1.24 bits per heavy atom. The van der Waals surface area contributed by atoms with Crippen molar-refractivity contribution in [2.45, 2.75) is 12.5 Å². The van der Waals surface area contributed by atoms with Gasteiger partial charge in [0.15, 0.2) is 0 Å². The Morgan fingerprint density at radius 3 is 2.71 bits per heavy atom. The Morgan fingerprint density at radius 2 is 2.00 bits per heavy atom. The van der Waals surface area contributed by atoms with Gasteiger partial charge in [0.05, 0.1) is 11.6 Å². The molecule has 1 atom stereocenters. The number of β-amino-alcohol motifs (C(OH)–C–C–N with tert-alkyl or cyclic N) is 1. The topological polar surface area (TPSA) is 59.7 Å². The highest BCUT2D eigenvalue weighted by molar-refractivity contribution is 5.34. The second-order valence-corrected chi connectivity index (χ2v) is 5.56. The first-order valence-corrected chi connectivity index (χ1v) is 7.39. The molecule has 0 aliphatic carbocycles. The van der Waals surface area contributed by atoms with Gasteiger partial charge in [0.25, 0.3) is 0 Å². The van der Waals surface area contributed by atoms with E-state index in [-0.39, 0.29) is 6.61 Å². The molecule has 21 heavy (non-hydrogen) atoms. The van der Waals surface area contributed by atoms with Crippen molar-refractivity contribution in [2.75, 3.05) is 46.4 Å². The van der Waals surface area contributed by atoms with Crippen LogP contribution < -0.4 is 4.74 Å². The summed E-state index contributed by atoms with van der Waals surface area (Å²) in [5.74, 6) is 0.684. The van der Waals surface area contributed by atoms with Crippen molar-refractivity contribution in [3.05, 3.63) is 29.8 Å². The summed E-state index contributed by atoms with van der Waals surface area (Å²) >= 11 is 0. The summed E-state index contributed by atoms with van der Waals surface area (Å²) in [6, 6.07) is 9.01. The number of hydrogen-bond donors (Lipinski definition) is 1. The zero-order valence-electron chi connectivity index (χ0n) is 12.5. The molecule has 5 nitrogen and oxygen atoms in total. The molecule has 1 heterocycles. The lowest BCUT2D eigenvalue weighted by molar-refractivity contribution is 0.0696. The maximum Gasteiger partial charge on any atom is 0.119 e. The third-order valence-corrected chi connectivity index (χ3v) is 3.71. The van der Waals surface area contributed by atoms with Gasteiger partial charge in [0, 0.05) is 19.6 Å². The van der Waals surface area contributed by atoms with Crippen molar-refractivity contribution < 1.29 is 9.84 Å². The fourth-order valence-electron chi connectivity index (χ4n) is 2.45. The molecule has 1 aromatic rings. The van der Waals surface area contributed by atoms with Gasteiger partial charge >= 0.3 is 0 Å². The number of nitrogens with zero attached hydrogens (tertiary/aromatic N) is 3. The van der Waals surface area contributed by atoms with Crippen molar-refractivity contribution in [3.63, 3.8) is 0 Å². The van der Waals surface area contributed by atoms with Crippen LogP contribution >= 0.6 is 0 Å². The number of aliphatic hydroxyl groups excluding tert-OH is 1. The van der Waals surface area contributed by atoms with E-state index in [2.05, 4.69) is 22.9 Å². The number of aliphatic hydroxyl groups is 1. The Bertz CT molecular complexity index is 469. The molecule has 1 aliphatic heterocycles. The summed E-state index contributed by atoms with van der Waals surface area (Å²) in [5, 5.41) is 18.8. The number of hydrogen-bond acceptors (Lipinski definition) is 5. The average molecular weight is 289 g/mol. The van der Waals surface area contributed by atoms with E-state index in [0.717, 1.165) is 32.6 Å². The van der Waals surface area contributed by atoms with E-state index in [0.29, 0.717) is 17.9 Å². The van der Waals surface area contributed by atoms with E-state index >= 15 is 0 Å². The maximum absolute atomic E-state index is 10.1. The second kappa shape index (κ2) is 7.99. The monoisotopic (exact) mass is 289 g/mol. The molecule has 1 aromatic carbocycles. The highest BCUT2D eigenvalue weighted by atomic mass is 16.5. The third-order valence-electron chi connectivity index (χ3n) is 3.71. The van der Waals surface area contributed by atoms with Gasteiger partial charge in [-0.15, -0.1) is 0 Å². The molecule has 5 heteroatoms. The van der Waals surface area contributed by atoms with Gasteiger partial charge in [0.1, 0.15) is 18.5 Å². The largest absolute Gasteiger partial charge is 0.491 e. The predicted molar refractivity (Wildman–Crippen MR) is 81.2 cm³/mol. The summed E-state index contributed by atoms with van der Waals surface area (Å²) in [4.78, 5) is 4.61. The normalized spacial score (nSPS) is 18.7. The summed E-state index contributed by atoms with van der Waals surface area (Å²) < 4.78 is 5.56. The fourth-order valence-corrected chi connectivity index (χ4v) is 2.45. The molecule has 0 spiro atoms. The molecule has 0 bridgehead atoms. The van der Waals surface area contributed by atoms with Gasteiger partial charge in [-0.25, -0.2) is 0 Å². The summed E-state index contributed by atoms with van der Waals surface area (Å²) in [6.45, 7) is 5.10. The van der Waals surface area contributed by atoms with E-state index in [4.69, 9.17) is 10.00 Å². The smallest absolute Gasteiger partial charge is 0.119 e. The molecule has 114 valence electrons. The minimum Gasteiger partial charge on any atom is -0.491 e. The van der Waals surface area contributed by atoms with Crippen molar-refractivity contribution in [1.29, 1.82) is 5.26 Å². The van der Waals surface area contributed by atoms with Gasteiger partial charge < -0.3 is 14.7 Å². The second-order valence-electron chi connectivity index (χ2n) is 5.56. The lowest BCUT2D eigenvalue weighted by atomic mass is 10.2. The van der Waals surface area contributed by atoms with Crippen molar-refractivity contribution in [1.82, 2.24) is 9.80 Å². The first-order chi connectivity index (χ1) is 10.2. The Labute approximate surface area is 126 Å². The van der Waals surface area contributed by atoms with Crippen LogP contribution in [0, 0.1) is 11.3 Å². The third kappa shape index (κ3) is 5.35. The van der Waals surface area contributed by atoms with E-state index in [1.807, 2.05) is 0 Å². The first-order valence-electron chi connectivity index (χ1n) is 7.39. The number of benzene rings is 1. The molecule has 0 saturated carbocycles. The van der Waals surface area contributed by atoms with E-state index in [1.54, 1.807) is 24.3 Å². The maximum atomic E-state index is 10.1. The van der Waals surface area contributed by atoms with Crippen LogP contribution in [-0.2, 0) is 0 Å². The van der Waals surface area contributed by atoms with Crippen molar-refractivity contribution in [3.8, 4) is 11.8 Å². The van der Waals surface area contributed by atoms with Crippen LogP contribution in [0.2, 0.25) is 0 Å². The number of nitriles is 1. The molecular formula is C16H23N3O2. The fraction of sp³-hybridized carbons (Fsp3) is 0.562. The highest BCUT2D eigenvalue weighted by Gasteiger charge is 2.16. The molecule has 1 N–H and O–H groups in total. The number of likely N-dealkylation sites (N-methyl/N-ethyl adjacent to an activating group) is 1. The quantitative estimate of drug-likeness (QED) is 0.874. The molecule has 1 aliphatic rings.